The van der Waals surface area contributed by atoms with Gasteiger partial charge in [0.15, 0.2) is 0 Å². The normalized spacial score (nSPS) is 20.6. The second-order valence-electron chi connectivity index (χ2n) is 8.14. The van der Waals surface area contributed by atoms with Gasteiger partial charge in [0.05, 0.1) is 17.5 Å². The molecular weight excluding hydrogens is 374 g/mol. The van der Waals surface area contributed by atoms with Crippen LogP contribution in [0.15, 0.2) is 18.2 Å². The molecule has 1 heterocycles. The van der Waals surface area contributed by atoms with E-state index >= 15 is 0 Å². The average Bonchev–Trinajstić information content (AvgIpc) is 2.60. The van der Waals surface area contributed by atoms with E-state index in [-0.39, 0.29) is 17.5 Å². The number of hydrogen-bond donors (Lipinski definition) is 2. The predicted octanol–water partition coefficient (Wildman–Crippen LogP) is 3.52. The zero-order chi connectivity index (χ0) is 20.7. The number of morpholine rings is 1. The largest absolute Gasteiger partial charge is 0.385 e. The fourth-order valence-corrected chi connectivity index (χ4v) is 4.30. The molecule has 6 nitrogen and oxygen atoms in total. The summed E-state index contributed by atoms with van der Waals surface area (Å²) in [6.45, 7) is 13.1. The van der Waals surface area contributed by atoms with Crippen LogP contribution in [0.2, 0.25) is 0 Å². The smallest absolute Gasteiger partial charge is 0.213 e. The summed E-state index contributed by atoms with van der Waals surface area (Å²) in [5.41, 5.74) is 3.69. The monoisotopic (exact) mass is 411 g/mol. The molecule has 160 valence electrons. The van der Waals surface area contributed by atoms with Crippen LogP contribution in [0, 0.1) is 6.92 Å². The van der Waals surface area contributed by atoms with Gasteiger partial charge in [0.2, 0.25) is 10.0 Å². The number of ether oxygens (including phenoxy) is 1. The van der Waals surface area contributed by atoms with Crippen LogP contribution in [0.3, 0.4) is 0 Å². The van der Waals surface area contributed by atoms with Crippen molar-refractivity contribution in [3.05, 3.63) is 23.8 Å². The highest BCUT2D eigenvalue weighted by Crippen LogP contribution is 2.26. The van der Waals surface area contributed by atoms with Crippen LogP contribution in [0.1, 0.15) is 52.5 Å². The Bertz CT molecular complexity index is 712. The minimum Gasteiger partial charge on any atom is -0.385 e. The van der Waals surface area contributed by atoms with Crippen molar-refractivity contribution in [2.24, 2.45) is 0 Å². The number of anilines is 2. The molecule has 1 aliphatic heterocycles. The summed E-state index contributed by atoms with van der Waals surface area (Å²) in [6.07, 6.45) is 3.38. The third-order valence-electron chi connectivity index (χ3n) is 5.06. The predicted molar refractivity (Wildman–Crippen MR) is 118 cm³/mol. The molecule has 1 aliphatic rings. The Labute approximate surface area is 171 Å². The van der Waals surface area contributed by atoms with Crippen LogP contribution >= 0.6 is 0 Å². The summed E-state index contributed by atoms with van der Waals surface area (Å²) in [7, 11) is -3.14. The SMILES string of the molecule is Cc1cc(NCCCCCNS(=O)(=O)C(C)C)ccc1N1C[C@@H](C)O[C@@H](C)C1. The van der Waals surface area contributed by atoms with Crippen LogP contribution in [-0.2, 0) is 14.8 Å². The Morgan fingerprint density at radius 2 is 1.75 bits per heavy atom. The highest BCUT2D eigenvalue weighted by Gasteiger charge is 2.23. The molecule has 1 saturated heterocycles. The molecular formula is C21H37N3O3S. The molecule has 1 fully saturated rings. The van der Waals surface area contributed by atoms with E-state index in [4.69, 9.17) is 4.74 Å². The molecule has 0 bridgehead atoms. The molecule has 2 N–H and O–H groups in total. The van der Waals surface area contributed by atoms with E-state index in [9.17, 15) is 8.42 Å². The summed E-state index contributed by atoms with van der Waals surface area (Å²) < 4.78 is 31.8. The number of nitrogens with one attached hydrogen (secondary N) is 2. The Kier molecular flexibility index (Phi) is 8.58. The van der Waals surface area contributed by atoms with Gasteiger partial charge in [-0.1, -0.05) is 6.42 Å². The summed E-state index contributed by atoms with van der Waals surface area (Å²) in [5, 5.41) is 3.11. The van der Waals surface area contributed by atoms with Gasteiger partial charge in [0.25, 0.3) is 0 Å². The van der Waals surface area contributed by atoms with Crippen molar-refractivity contribution >= 4 is 21.4 Å². The lowest BCUT2D eigenvalue weighted by Gasteiger charge is -2.37. The van der Waals surface area contributed by atoms with E-state index in [1.165, 1.54) is 11.3 Å². The van der Waals surface area contributed by atoms with E-state index in [1.807, 2.05) is 0 Å². The molecule has 0 saturated carbocycles. The average molecular weight is 412 g/mol. The van der Waals surface area contributed by atoms with E-state index < -0.39 is 10.0 Å². The van der Waals surface area contributed by atoms with Gasteiger partial charge >= 0.3 is 0 Å². The van der Waals surface area contributed by atoms with Gasteiger partial charge in [-0.25, -0.2) is 13.1 Å². The van der Waals surface area contributed by atoms with Crippen LogP contribution in [-0.4, -0.2) is 52.1 Å². The van der Waals surface area contributed by atoms with Crippen molar-refractivity contribution in [2.45, 2.75) is 71.3 Å². The Hall–Kier alpha value is -1.31. The minimum atomic E-state index is -3.14. The lowest BCUT2D eigenvalue weighted by atomic mass is 10.1. The number of sulfonamides is 1. The van der Waals surface area contributed by atoms with E-state index in [1.54, 1.807) is 13.8 Å². The summed E-state index contributed by atoms with van der Waals surface area (Å²) in [4.78, 5) is 2.41. The molecule has 0 aliphatic carbocycles. The highest BCUT2D eigenvalue weighted by molar-refractivity contribution is 7.90. The Morgan fingerprint density at radius 1 is 1.11 bits per heavy atom. The third-order valence-corrected chi connectivity index (χ3v) is 6.91. The van der Waals surface area contributed by atoms with Crippen molar-refractivity contribution in [2.75, 3.05) is 36.4 Å². The minimum absolute atomic E-state index is 0.256. The van der Waals surface area contributed by atoms with Crippen molar-refractivity contribution in [3.8, 4) is 0 Å². The standard InChI is InChI=1S/C21H37N3O3S/c1-16(2)28(25,26)23-12-8-6-7-11-22-20-9-10-21(17(3)13-20)24-14-18(4)27-19(5)15-24/h9-10,13,16,18-19,22-23H,6-8,11-12,14-15H2,1-5H3/t18-,19+. The maximum Gasteiger partial charge on any atom is 0.213 e. The number of nitrogens with zero attached hydrogens (tertiary/aromatic N) is 1. The van der Waals surface area contributed by atoms with Crippen molar-refractivity contribution in [3.63, 3.8) is 0 Å². The van der Waals surface area contributed by atoms with Crippen molar-refractivity contribution in [1.82, 2.24) is 4.72 Å². The van der Waals surface area contributed by atoms with Gasteiger partial charge in [0, 0.05) is 37.6 Å². The van der Waals surface area contributed by atoms with Gasteiger partial charge in [-0.15, -0.1) is 0 Å². The topological polar surface area (TPSA) is 70.7 Å². The number of hydrogen-bond acceptors (Lipinski definition) is 5. The van der Waals surface area contributed by atoms with Gasteiger partial charge in [-0.05, 0) is 71.2 Å². The molecule has 2 atom stereocenters. The highest BCUT2D eigenvalue weighted by atomic mass is 32.2. The number of benzene rings is 1. The Morgan fingerprint density at radius 3 is 2.36 bits per heavy atom. The molecule has 7 heteroatoms. The van der Waals surface area contributed by atoms with E-state index in [2.05, 4.69) is 53.9 Å². The number of unbranched alkanes of at least 4 members (excludes halogenated alkanes) is 2. The van der Waals surface area contributed by atoms with Gasteiger partial charge in [-0.2, -0.15) is 0 Å². The fourth-order valence-electron chi connectivity index (χ4n) is 3.54. The second kappa shape index (κ2) is 10.5. The summed E-state index contributed by atoms with van der Waals surface area (Å²) >= 11 is 0. The van der Waals surface area contributed by atoms with Crippen LogP contribution in [0.4, 0.5) is 11.4 Å². The third kappa shape index (κ3) is 6.94. The van der Waals surface area contributed by atoms with Crippen LogP contribution in [0.25, 0.3) is 0 Å². The first-order valence-corrected chi connectivity index (χ1v) is 12.0. The van der Waals surface area contributed by atoms with Crippen LogP contribution < -0.4 is 14.9 Å². The van der Waals surface area contributed by atoms with Gasteiger partial charge in [0.1, 0.15) is 0 Å². The summed E-state index contributed by atoms with van der Waals surface area (Å²) in [5.74, 6) is 0. The first-order valence-electron chi connectivity index (χ1n) is 10.4. The van der Waals surface area contributed by atoms with Gasteiger partial charge < -0.3 is 15.0 Å². The van der Waals surface area contributed by atoms with E-state index in [0.29, 0.717) is 6.54 Å². The molecule has 0 unspecified atom stereocenters. The zero-order valence-corrected chi connectivity index (χ0v) is 18.8. The van der Waals surface area contributed by atoms with E-state index in [0.717, 1.165) is 44.6 Å². The number of aryl methyl sites for hydroxylation is 1. The lowest BCUT2D eigenvalue weighted by Crippen LogP contribution is -2.45. The zero-order valence-electron chi connectivity index (χ0n) is 18.0. The molecule has 1 aromatic rings. The molecule has 0 amide bonds. The first kappa shape index (κ1) is 23.0. The fraction of sp³-hybridized carbons (Fsp3) is 0.714. The van der Waals surface area contributed by atoms with Crippen molar-refractivity contribution in [1.29, 1.82) is 0 Å². The first-order chi connectivity index (χ1) is 13.2. The lowest BCUT2D eigenvalue weighted by molar-refractivity contribution is -0.00524. The van der Waals surface area contributed by atoms with Crippen LogP contribution in [0.5, 0.6) is 0 Å². The Balaban J connectivity index is 1.72. The van der Waals surface area contributed by atoms with Crippen molar-refractivity contribution < 1.29 is 13.2 Å². The maximum absolute atomic E-state index is 11.7. The second-order valence-corrected chi connectivity index (χ2v) is 10.5. The summed E-state index contributed by atoms with van der Waals surface area (Å²) in [6, 6.07) is 6.55. The molecule has 2 rings (SSSR count). The molecule has 1 aromatic carbocycles. The van der Waals surface area contributed by atoms with Gasteiger partial charge in [-0.3, -0.25) is 0 Å². The molecule has 28 heavy (non-hydrogen) atoms. The quantitative estimate of drug-likeness (QED) is 0.577. The molecule has 0 radical (unpaired) electrons. The maximum atomic E-state index is 11.7. The number of rotatable bonds is 10. The molecule has 0 aromatic heterocycles. The molecule has 0 spiro atoms.